The van der Waals surface area contributed by atoms with Gasteiger partial charge in [0, 0.05) is 39.3 Å². The van der Waals surface area contributed by atoms with Crippen molar-refractivity contribution in [2.24, 2.45) is 0 Å². The molecule has 3 saturated heterocycles. The first kappa shape index (κ1) is 76.5. The number of imidazole rings is 1. The lowest BCUT2D eigenvalue weighted by atomic mass is 9.86. The van der Waals surface area contributed by atoms with Crippen LogP contribution in [0.1, 0.15) is 169 Å². The molecule has 27 heteroatoms. The number of nitrogens with two attached hydrogens (primary N) is 3. The van der Waals surface area contributed by atoms with Crippen LogP contribution in [0.2, 0.25) is 0 Å². The predicted molar refractivity (Wildman–Crippen MR) is 355 cm³/mol. The maximum absolute atomic E-state index is 13.3. The molecule has 516 valence electrons. The van der Waals surface area contributed by atoms with Gasteiger partial charge in [-0.3, -0.25) is 4.79 Å². The van der Waals surface area contributed by atoms with Crippen LogP contribution in [0.4, 0.5) is 51.5 Å². The Morgan fingerprint density at radius 2 is 0.763 bits per heavy atom. The number of carbonyl (C=O) groups excluding carboxylic acids is 7. The first-order valence-electron chi connectivity index (χ1n) is 31.0. The highest BCUT2D eigenvalue weighted by Gasteiger charge is 2.48. The second-order valence-electron chi connectivity index (χ2n) is 29.1. The van der Waals surface area contributed by atoms with Crippen molar-refractivity contribution in [2.75, 3.05) is 61.8 Å². The number of likely N-dealkylation sites (tertiary alicyclic amines) is 3. The Hall–Kier alpha value is -8.91. The van der Waals surface area contributed by atoms with Gasteiger partial charge < -0.3 is 91.7 Å². The van der Waals surface area contributed by atoms with Crippen molar-refractivity contribution < 1.29 is 71.9 Å². The molecule has 3 aromatic carbocycles. The van der Waals surface area contributed by atoms with Crippen molar-refractivity contribution in [2.45, 2.75) is 213 Å². The molecule has 0 aliphatic carbocycles. The lowest BCUT2D eigenvalue weighted by molar-refractivity contribution is -0.147. The number of hydrogen-bond acceptors (Lipinski definition) is 18. The number of anilines is 4. The molecule has 0 saturated carbocycles. The molecule has 0 spiro atoms. The fourth-order valence-corrected chi connectivity index (χ4v) is 9.45. The van der Waals surface area contributed by atoms with Gasteiger partial charge in [-0.1, -0.05) is 36.4 Å². The van der Waals surface area contributed by atoms with Gasteiger partial charge in [0.15, 0.2) is 0 Å². The topological polar surface area (TPSA) is 377 Å². The number of aromatic nitrogens is 2. The number of hydrogen-bond donors (Lipinski definition) is 9. The lowest BCUT2D eigenvalue weighted by Crippen LogP contribution is -2.63. The summed E-state index contributed by atoms with van der Waals surface area (Å²) < 4.78 is 32.2. The van der Waals surface area contributed by atoms with E-state index in [0.717, 1.165) is 11.0 Å². The van der Waals surface area contributed by atoms with Crippen LogP contribution < -0.4 is 38.5 Å². The summed E-state index contributed by atoms with van der Waals surface area (Å²) in [5.74, 6) is -0.893. The van der Waals surface area contributed by atoms with Crippen LogP contribution in [-0.2, 0) is 43.5 Å². The number of amides is 7. The van der Waals surface area contributed by atoms with Crippen LogP contribution in [-0.4, -0.2) is 162 Å². The third-order valence-corrected chi connectivity index (χ3v) is 13.9. The summed E-state index contributed by atoms with van der Waals surface area (Å²) in [6.45, 7) is 33.7. The van der Waals surface area contributed by atoms with E-state index in [1.54, 1.807) is 124 Å². The fourth-order valence-electron chi connectivity index (χ4n) is 9.45. The number of aliphatic carboxylic acids is 1. The van der Waals surface area contributed by atoms with Crippen molar-refractivity contribution in [3.05, 3.63) is 78.6 Å². The Morgan fingerprint density at radius 1 is 0.441 bits per heavy atom. The number of carboxylic acids is 1. The molecule has 0 unspecified atom stereocenters. The van der Waals surface area contributed by atoms with E-state index < -0.39 is 92.6 Å². The highest BCUT2D eigenvalue weighted by Crippen LogP contribution is 2.35. The number of benzene rings is 3. The Bertz CT molecular complexity index is 3160. The molecular formula is C66H102N12O15. The highest BCUT2D eigenvalue weighted by molar-refractivity contribution is 6.02. The van der Waals surface area contributed by atoms with Crippen LogP contribution in [0.15, 0.2) is 72.8 Å². The number of piperidine rings is 3. The standard InChI is InChI=1S/C22H34N4O5.C22H32N4O4.C16H28N2O6.C6H8N2/c1-20(2,3)30-18(28)25-22(17(27)24-16-10-8-7-9-15(16)23)11-13-26(14-12-22)19(29)31-21(4,5)6;1-20(2,3)29-18(27)25-22(17-23-15-9-7-8-10-16(15)24-17)11-13-26(14-12-22)19(28)30-21(4,5)6;1-14(2,3)23-12(21)17-16(11(19)20)7-9-18(10-8-16)13(22)24-15(4,5)6;7-5-3-1-2-4-6(5)8/h7-10H,11-14,23H2,1-6H3,(H,24,27)(H,25,28);7-10H,11-14H2,1-6H3,(H,23,24)(H,25,27);7-10H2,1-6H3,(H,17,21)(H,19,20);1-4H,7-8H2. The molecule has 1 aromatic heterocycles. The van der Waals surface area contributed by atoms with Crippen molar-refractivity contribution in [1.29, 1.82) is 0 Å². The van der Waals surface area contributed by atoms with Crippen LogP contribution in [0.25, 0.3) is 11.0 Å². The largest absolute Gasteiger partial charge is 0.480 e. The fraction of sp³-hybridized carbons (Fsp3) is 0.591. The molecule has 0 bridgehead atoms. The molecule has 3 aliphatic heterocycles. The number of aromatic amines is 1. The van der Waals surface area contributed by atoms with Gasteiger partial charge in [0.1, 0.15) is 56.0 Å². The summed E-state index contributed by atoms with van der Waals surface area (Å²) in [7, 11) is 0. The average Bonchev–Trinajstić information content (AvgIpc) is 1.74. The summed E-state index contributed by atoms with van der Waals surface area (Å²) >= 11 is 0. The number of nitrogens with zero attached hydrogens (tertiary/aromatic N) is 4. The summed E-state index contributed by atoms with van der Waals surface area (Å²) in [6.07, 6.45) is -1.73. The number of alkyl carbamates (subject to hydrolysis) is 3. The van der Waals surface area contributed by atoms with Gasteiger partial charge in [-0.25, -0.2) is 38.5 Å². The zero-order chi connectivity index (χ0) is 70.3. The van der Waals surface area contributed by atoms with Gasteiger partial charge >= 0.3 is 42.5 Å². The first-order chi connectivity index (χ1) is 42.6. The Morgan fingerprint density at radius 3 is 1.12 bits per heavy atom. The zero-order valence-electron chi connectivity index (χ0n) is 57.6. The Balaban J connectivity index is 0.000000281. The number of carbonyl (C=O) groups is 8. The van der Waals surface area contributed by atoms with E-state index in [2.05, 4.69) is 26.3 Å². The summed E-state index contributed by atoms with van der Waals surface area (Å²) in [6, 6.07) is 21.9. The van der Waals surface area contributed by atoms with Gasteiger partial charge in [0.25, 0.3) is 0 Å². The van der Waals surface area contributed by atoms with Gasteiger partial charge in [-0.05, 0) is 200 Å². The second-order valence-corrected chi connectivity index (χ2v) is 29.1. The van der Waals surface area contributed by atoms with Gasteiger partial charge in [0.2, 0.25) is 5.91 Å². The van der Waals surface area contributed by atoms with E-state index in [4.69, 9.17) is 50.6 Å². The van der Waals surface area contributed by atoms with Crippen molar-refractivity contribution >= 4 is 82.2 Å². The number of H-pyrrole nitrogens is 1. The molecule has 7 rings (SSSR count). The summed E-state index contributed by atoms with van der Waals surface area (Å²) in [5, 5.41) is 20.6. The third kappa shape index (κ3) is 25.3. The van der Waals surface area contributed by atoms with E-state index >= 15 is 0 Å². The van der Waals surface area contributed by atoms with Gasteiger partial charge in [-0.15, -0.1) is 0 Å². The smallest absolute Gasteiger partial charge is 0.410 e. The number of carboxylic acid groups (broad SMARTS) is 1. The summed E-state index contributed by atoms with van der Waals surface area (Å²) in [4.78, 5) is 112. The predicted octanol–water partition coefficient (Wildman–Crippen LogP) is 11.0. The quantitative estimate of drug-likeness (QED) is 0.0613. The average molecular weight is 1300 g/mol. The molecule has 3 aliphatic rings. The van der Waals surface area contributed by atoms with Crippen molar-refractivity contribution in [1.82, 2.24) is 40.6 Å². The minimum Gasteiger partial charge on any atom is -0.480 e. The Labute approximate surface area is 546 Å². The number of para-hydroxylation sites is 6. The molecule has 0 atom stereocenters. The molecule has 3 fully saturated rings. The minimum atomic E-state index is -1.44. The summed E-state index contributed by atoms with van der Waals surface area (Å²) in [5.41, 5.74) is 13.3. The molecule has 4 heterocycles. The number of ether oxygens (including phenoxy) is 6. The van der Waals surface area contributed by atoms with E-state index in [1.807, 2.05) is 77.9 Å². The number of fused-ring (bicyclic) bond motifs is 1. The van der Waals surface area contributed by atoms with Crippen LogP contribution in [0.3, 0.4) is 0 Å². The lowest BCUT2D eigenvalue weighted by Gasteiger charge is -2.41. The maximum atomic E-state index is 13.3. The SMILES string of the molecule is CC(C)(C)OC(=O)NC1(C(=O)Nc2ccccc2N)CCN(C(=O)OC(C)(C)C)CC1.CC(C)(C)OC(=O)NC1(C(=O)O)CCN(C(=O)OC(C)(C)C)CC1.CC(C)(C)OC(=O)NC1(c2nc3ccccc3[nH]2)CCN(C(=O)OC(C)(C)C)CC1.Nc1ccccc1N. The normalized spacial score (nSPS) is 16.3. The number of rotatable bonds is 7. The van der Waals surface area contributed by atoms with E-state index in [0.29, 0.717) is 54.5 Å². The third-order valence-electron chi connectivity index (χ3n) is 13.9. The van der Waals surface area contributed by atoms with E-state index in [9.17, 15) is 43.5 Å². The second kappa shape index (κ2) is 30.7. The van der Waals surface area contributed by atoms with Crippen molar-refractivity contribution in [3.8, 4) is 0 Å². The molecule has 7 amide bonds. The Kier molecular flexibility index (Phi) is 25.3. The van der Waals surface area contributed by atoms with E-state index in [-0.39, 0.29) is 58.0 Å². The molecule has 12 N–H and O–H groups in total. The van der Waals surface area contributed by atoms with Gasteiger partial charge in [0.05, 0.1) is 33.8 Å². The number of nitrogen functional groups attached to an aromatic ring is 3. The molecular weight excluding hydrogens is 1200 g/mol. The highest BCUT2D eigenvalue weighted by atomic mass is 16.6. The molecule has 27 nitrogen and oxygen atoms in total. The van der Waals surface area contributed by atoms with Crippen LogP contribution in [0.5, 0.6) is 0 Å². The number of nitrogens with one attached hydrogen (secondary N) is 5. The van der Waals surface area contributed by atoms with Crippen LogP contribution in [0, 0.1) is 0 Å². The zero-order valence-corrected chi connectivity index (χ0v) is 57.6. The van der Waals surface area contributed by atoms with Crippen molar-refractivity contribution in [3.63, 3.8) is 0 Å². The molecule has 93 heavy (non-hydrogen) atoms. The van der Waals surface area contributed by atoms with E-state index in [1.165, 1.54) is 9.80 Å². The maximum Gasteiger partial charge on any atom is 0.410 e. The first-order valence-corrected chi connectivity index (χ1v) is 31.0. The van der Waals surface area contributed by atoms with Gasteiger partial charge in [-0.2, -0.15) is 0 Å². The van der Waals surface area contributed by atoms with Crippen LogP contribution >= 0.6 is 0 Å². The minimum absolute atomic E-state index is 0.0841. The molecule has 4 aromatic rings. The molecule has 0 radical (unpaired) electrons. The monoisotopic (exact) mass is 1300 g/mol.